The number of benzene rings is 1. The van der Waals surface area contributed by atoms with Crippen LogP contribution in [0.1, 0.15) is 17.3 Å². The van der Waals surface area contributed by atoms with Crippen LogP contribution in [0.3, 0.4) is 0 Å². The van der Waals surface area contributed by atoms with Gasteiger partial charge in [-0.25, -0.2) is 4.79 Å². The van der Waals surface area contributed by atoms with Gasteiger partial charge in [0.15, 0.2) is 6.10 Å². The van der Waals surface area contributed by atoms with Gasteiger partial charge in [0.05, 0.1) is 21.3 Å². The van der Waals surface area contributed by atoms with E-state index < -0.39 is 18.0 Å². The Morgan fingerprint density at radius 1 is 1.18 bits per heavy atom. The van der Waals surface area contributed by atoms with Gasteiger partial charge in [-0.1, -0.05) is 29.3 Å². The monoisotopic (exact) mass is 338 g/mol. The van der Waals surface area contributed by atoms with Gasteiger partial charge in [-0.3, -0.25) is 9.78 Å². The van der Waals surface area contributed by atoms with Crippen LogP contribution in [0.5, 0.6) is 0 Å². The van der Waals surface area contributed by atoms with Crippen molar-refractivity contribution in [2.75, 3.05) is 5.32 Å². The number of esters is 1. The van der Waals surface area contributed by atoms with E-state index in [0.717, 1.165) is 0 Å². The van der Waals surface area contributed by atoms with Crippen LogP contribution in [0, 0.1) is 0 Å². The molecule has 0 aliphatic rings. The maximum absolute atomic E-state index is 12.0. The molecule has 1 aromatic carbocycles. The fraction of sp³-hybridized carbons (Fsp3) is 0.133. The highest BCUT2D eigenvalue weighted by Gasteiger charge is 2.20. The SMILES string of the molecule is C[C@@H](OC(=O)c1ccncc1)C(=O)Nc1cccc(Cl)c1Cl. The van der Waals surface area contributed by atoms with E-state index in [-0.39, 0.29) is 5.02 Å². The Balaban J connectivity index is 2.01. The summed E-state index contributed by atoms with van der Waals surface area (Å²) in [7, 11) is 0. The molecule has 2 aromatic rings. The summed E-state index contributed by atoms with van der Waals surface area (Å²) >= 11 is 11.8. The molecule has 2 rings (SSSR count). The van der Waals surface area contributed by atoms with Gasteiger partial charge in [0.25, 0.3) is 5.91 Å². The minimum absolute atomic E-state index is 0.227. The van der Waals surface area contributed by atoms with E-state index in [1.54, 1.807) is 18.2 Å². The number of hydrogen-bond donors (Lipinski definition) is 1. The molecule has 0 radical (unpaired) electrons. The standard InChI is InChI=1S/C15H12Cl2N2O3/c1-9(22-15(21)10-5-7-18-8-6-10)14(20)19-12-4-2-3-11(16)13(12)17/h2-9H,1H3,(H,19,20)/t9-/m1/s1. The lowest BCUT2D eigenvalue weighted by molar-refractivity contribution is -0.123. The van der Waals surface area contributed by atoms with Crippen molar-refractivity contribution >= 4 is 40.8 Å². The van der Waals surface area contributed by atoms with Crippen LogP contribution < -0.4 is 5.32 Å². The third kappa shape index (κ3) is 3.96. The highest BCUT2D eigenvalue weighted by Crippen LogP contribution is 2.29. The summed E-state index contributed by atoms with van der Waals surface area (Å²) in [6, 6.07) is 7.86. The lowest BCUT2D eigenvalue weighted by Crippen LogP contribution is -2.30. The molecule has 5 nitrogen and oxygen atoms in total. The van der Waals surface area contributed by atoms with Gasteiger partial charge in [-0.05, 0) is 31.2 Å². The molecule has 1 amide bonds. The molecule has 0 aliphatic carbocycles. The van der Waals surface area contributed by atoms with Crippen molar-refractivity contribution in [1.29, 1.82) is 0 Å². The first kappa shape index (κ1) is 16.3. The zero-order chi connectivity index (χ0) is 16.1. The number of aromatic nitrogens is 1. The predicted octanol–water partition coefficient (Wildman–Crippen LogP) is 3.57. The second-order valence-electron chi connectivity index (χ2n) is 4.37. The normalized spacial score (nSPS) is 11.6. The number of amides is 1. The Hall–Kier alpha value is -2.11. The molecule has 1 N–H and O–H groups in total. The van der Waals surface area contributed by atoms with Crippen LogP contribution in [0.4, 0.5) is 5.69 Å². The number of ether oxygens (including phenoxy) is 1. The molecule has 1 atom stereocenters. The van der Waals surface area contributed by atoms with Crippen molar-refractivity contribution in [2.45, 2.75) is 13.0 Å². The number of pyridine rings is 1. The molecule has 0 fully saturated rings. The van der Waals surface area contributed by atoms with Crippen molar-refractivity contribution in [1.82, 2.24) is 4.98 Å². The van der Waals surface area contributed by atoms with Crippen molar-refractivity contribution in [3.63, 3.8) is 0 Å². The summed E-state index contributed by atoms with van der Waals surface area (Å²) in [5.41, 5.74) is 0.668. The van der Waals surface area contributed by atoms with Gasteiger partial charge in [0.1, 0.15) is 0 Å². The number of anilines is 1. The Bertz CT molecular complexity index is 692. The van der Waals surface area contributed by atoms with Crippen LogP contribution in [0.15, 0.2) is 42.7 Å². The summed E-state index contributed by atoms with van der Waals surface area (Å²) in [6.07, 6.45) is 1.94. The van der Waals surface area contributed by atoms with E-state index in [0.29, 0.717) is 16.3 Å². The number of hydrogen-bond acceptors (Lipinski definition) is 4. The molecule has 0 unspecified atom stereocenters. The first-order valence-electron chi connectivity index (χ1n) is 6.35. The van der Waals surface area contributed by atoms with E-state index in [1.807, 2.05) is 0 Å². The Morgan fingerprint density at radius 3 is 2.55 bits per heavy atom. The predicted molar refractivity (Wildman–Crippen MR) is 84.2 cm³/mol. The third-order valence-electron chi connectivity index (χ3n) is 2.78. The summed E-state index contributed by atoms with van der Waals surface area (Å²) < 4.78 is 5.09. The number of nitrogens with one attached hydrogen (secondary N) is 1. The number of halogens is 2. The molecule has 114 valence electrons. The molecular weight excluding hydrogens is 327 g/mol. The van der Waals surface area contributed by atoms with E-state index in [9.17, 15) is 9.59 Å². The number of rotatable bonds is 4. The summed E-state index contributed by atoms with van der Waals surface area (Å²) in [4.78, 5) is 27.7. The smallest absolute Gasteiger partial charge is 0.339 e. The highest BCUT2D eigenvalue weighted by atomic mass is 35.5. The summed E-state index contributed by atoms with van der Waals surface area (Å²) in [5, 5.41) is 3.11. The first-order valence-corrected chi connectivity index (χ1v) is 7.10. The van der Waals surface area contributed by atoms with Crippen LogP contribution in [-0.2, 0) is 9.53 Å². The third-order valence-corrected chi connectivity index (χ3v) is 3.60. The second kappa shape index (κ2) is 7.24. The fourth-order valence-corrected chi connectivity index (χ4v) is 1.95. The quantitative estimate of drug-likeness (QED) is 0.865. The zero-order valence-corrected chi connectivity index (χ0v) is 13.1. The fourth-order valence-electron chi connectivity index (χ4n) is 1.60. The molecule has 1 aromatic heterocycles. The van der Waals surface area contributed by atoms with Crippen LogP contribution in [-0.4, -0.2) is 23.0 Å². The van der Waals surface area contributed by atoms with Gasteiger partial charge in [0.2, 0.25) is 0 Å². The average molecular weight is 339 g/mol. The maximum atomic E-state index is 12.0. The van der Waals surface area contributed by atoms with Gasteiger partial charge in [-0.15, -0.1) is 0 Å². The lowest BCUT2D eigenvalue weighted by atomic mass is 10.2. The zero-order valence-electron chi connectivity index (χ0n) is 11.5. The molecular formula is C15H12Cl2N2O3. The lowest BCUT2D eigenvalue weighted by Gasteiger charge is -2.14. The van der Waals surface area contributed by atoms with Gasteiger partial charge < -0.3 is 10.1 Å². The van der Waals surface area contributed by atoms with E-state index in [4.69, 9.17) is 27.9 Å². The largest absolute Gasteiger partial charge is 0.449 e. The molecule has 0 saturated heterocycles. The average Bonchev–Trinajstić information content (AvgIpc) is 2.52. The molecule has 1 heterocycles. The van der Waals surface area contributed by atoms with Gasteiger partial charge >= 0.3 is 5.97 Å². The Morgan fingerprint density at radius 2 is 1.86 bits per heavy atom. The summed E-state index contributed by atoms with van der Waals surface area (Å²) in [6.45, 7) is 1.47. The molecule has 0 spiro atoms. The van der Waals surface area contributed by atoms with Crippen molar-refractivity contribution in [3.8, 4) is 0 Å². The first-order chi connectivity index (χ1) is 10.5. The molecule has 7 heteroatoms. The van der Waals surface area contributed by atoms with Crippen LogP contribution in [0.25, 0.3) is 0 Å². The topological polar surface area (TPSA) is 68.3 Å². The van der Waals surface area contributed by atoms with Gasteiger partial charge in [0, 0.05) is 12.4 Å². The van der Waals surface area contributed by atoms with Crippen LogP contribution in [0.2, 0.25) is 10.0 Å². The second-order valence-corrected chi connectivity index (χ2v) is 5.16. The number of carbonyl (C=O) groups excluding carboxylic acids is 2. The summed E-state index contributed by atoms with van der Waals surface area (Å²) in [5.74, 6) is -1.12. The van der Waals surface area contributed by atoms with E-state index >= 15 is 0 Å². The molecule has 0 saturated carbocycles. The minimum Gasteiger partial charge on any atom is -0.449 e. The van der Waals surface area contributed by atoms with Crippen LogP contribution >= 0.6 is 23.2 Å². The molecule has 22 heavy (non-hydrogen) atoms. The van der Waals surface area contributed by atoms with Crippen molar-refractivity contribution in [2.24, 2.45) is 0 Å². The Labute approximate surface area is 137 Å². The van der Waals surface area contributed by atoms with Crippen molar-refractivity contribution < 1.29 is 14.3 Å². The maximum Gasteiger partial charge on any atom is 0.339 e. The van der Waals surface area contributed by atoms with Gasteiger partial charge in [-0.2, -0.15) is 0 Å². The Kier molecular flexibility index (Phi) is 5.35. The van der Waals surface area contributed by atoms with Crippen molar-refractivity contribution in [3.05, 3.63) is 58.3 Å². The highest BCUT2D eigenvalue weighted by molar-refractivity contribution is 6.44. The molecule has 0 bridgehead atoms. The molecule has 0 aliphatic heterocycles. The van der Waals surface area contributed by atoms with E-state index in [1.165, 1.54) is 31.5 Å². The van der Waals surface area contributed by atoms with E-state index in [2.05, 4.69) is 10.3 Å². The minimum atomic E-state index is -0.990. The number of nitrogens with zero attached hydrogens (tertiary/aromatic N) is 1. The number of carbonyl (C=O) groups is 2.